The van der Waals surface area contributed by atoms with Gasteiger partial charge in [-0.25, -0.2) is 0 Å². The molecule has 0 bridgehead atoms. The Bertz CT molecular complexity index is 1600. The van der Waals surface area contributed by atoms with E-state index in [-0.39, 0.29) is 16.9 Å². The third-order valence-corrected chi connectivity index (χ3v) is 7.59. The molecular formula is C33H32N4O5S. The van der Waals surface area contributed by atoms with Crippen LogP contribution in [0.2, 0.25) is 0 Å². The summed E-state index contributed by atoms with van der Waals surface area (Å²) in [6, 6.07) is 24.5. The summed E-state index contributed by atoms with van der Waals surface area (Å²) in [5.74, 6) is -0.0694. The standard InChI is InChI=1S/C33H32N4O5S/c1-4-30(33(40)35-24-15-17-34-18-16-24)43-26-12-8-11-25(21-26)36-32(39)27(37-31(38)23-9-6-5-7-10-23)19-22-13-14-28(41-2)29(20-22)42-3/h5-21,30H,4H2,1-3H3,(H,36,39)(H,37,38)(H,34,35,40)/b27-19+. The molecule has 0 fully saturated rings. The fourth-order valence-corrected chi connectivity index (χ4v) is 5.06. The van der Waals surface area contributed by atoms with Crippen LogP contribution < -0.4 is 25.4 Å². The molecule has 0 saturated carbocycles. The van der Waals surface area contributed by atoms with E-state index in [0.29, 0.717) is 40.4 Å². The van der Waals surface area contributed by atoms with Gasteiger partial charge in [0.1, 0.15) is 5.70 Å². The van der Waals surface area contributed by atoms with Crippen molar-refractivity contribution in [2.75, 3.05) is 24.9 Å². The molecule has 0 aliphatic heterocycles. The van der Waals surface area contributed by atoms with Crippen molar-refractivity contribution in [3.05, 3.63) is 114 Å². The Labute approximate surface area is 254 Å². The van der Waals surface area contributed by atoms with Crippen LogP contribution in [-0.2, 0) is 9.59 Å². The highest BCUT2D eigenvalue weighted by Crippen LogP contribution is 2.30. The van der Waals surface area contributed by atoms with Crippen LogP contribution in [0.4, 0.5) is 11.4 Å². The quantitative estimate of drug-likeness (QED) is 0.135. The molecule has 1 atom stereocenters. The maximum Gasteiger partial charge on any atom is 0.272 e. The SMILES string of the molecule is CCC(Sc1cccc(NC(=O)/C(=C\c2ccc(OC)c(OC)c2)NC(=O)c2ccccc2)c1)C(=O)Nc1ccncc1. The van der Waals surface area contributed by atoms with Gasteiger partial charge in [-0.15, -0.1) is 11.8 Å². The Hall–Kier alpha value is -5.09. The number of methoxy groups -OCH3 is 2. The second kappa shape index (κ2) is 15.2. The zero-order valence-electron chi connectivity index (χ0n) is 24.0. The zero-order chi connectivity index (χ0) is 30.6. The van der Waals surface area contributed by atoms with Gasteiger partial charge in [-0.3, -0.25) is 19.4 Å². The van der Waals surface area contributed by atoms with Crippen molar-refractivity contribution in [3.8, 4) is 11.5 Å². The van der Waals surface area contributed by atoms with Gasteiger partial charge in [-0.1, -0.05) is 37.3 Å². The summed E-state index contributed by atoms with van der Waals surface area (Å²) in [6.45, 7) is 1.94. The van der Waals surface area contributed by atoms with Crippen molar-refractivity contribution in [3.63, 3.8) is 0 Å². The third-order valence-electron chi connectivity index (χ3n) is 6.23. The van der Waals surface area contributed by atoms with Crippen LogP contribution in [-0.4, -0.2) is 42.2 Å². The van der Waals surface area contributed by atoms with E-state index in [2.05, 4.69) is 20.9 Å². The van der Waals surface area contributed by atoms with Gasteiger partial charge in [0.25, 0.3) is 11.8 Å². The molecule has 3 amide bonds. The molecule has 10 heteroatoms. The second-order valence-electron chi connectivity index (χ2n) is 9.21. The Morgan fingerprint density at radius 3 is 2.28 bits per heavy atom. The number of nitrogens with zero attached hydrogens (tertiary/aromatic N) is 1. The van der Waals surface area contributed by atoms with Crippen molar-refractivity contribution >= 4 is 46.9 Å². The highest BCUT2D eigenvalue weighted by atomic mass is 32.2. The number of carbonyl (C=O) groups excluding carboxylic acids is 3. The minimum atomic E-state index is -0.524. The van der Waals surface area contributed by atoms with E-state index < -0.39 is 11.8 Å². The number of ether oxygens (including phenoxy) is 2. The van der Waals surface area contributed by atoms with E-state index in [1.807, 2.05) is 13.0 Å². The van der Waals surface area contributed by atoms with Crippen LogP contribution in [0.25, 0.3) is 6.08 Å². The van der Waals surface area contributed by atoms with E-state index >= 15 is 0 Å². The summed E-state index contributed by atoms with van der Waals surface area (Å²) in [5.41, 5.74) is 2.23. The van der Waals surface area contributed by atoms with Crippen molar-refractivity contribution in [1.29, 1.82) is 0 Å². The molecule has 220 valence electrons. The van der Waals surface area contributed by atoms with Crippen molar-refractivity contribution in [1.82, 2.24) is 10.3 Å². The van der Waals surface area contributed by atoms with Crippen molar-refractivity contribution < 1.29 is 23.9 Å². The highest BCUT2D eigenvalue weighted by molar-refractivity contribution is 8.00. The van der Waals surface area contributed by atoms with Crippen molar-refractivity contribution in [2.24, 2.45) is 0 Å². The molecule has 3 aromatic carbocycles. The molecule has 0 aliphatic rings. The summed E-state index contributed by atoms with van der Waals surface area (Å²) in [7, 11) is 3.06. The van der Waals surface area contributed by atoms with E-state index in [9.17, 15) is 14.4 Å². The summed E-state index contributed by atoms with van der Waals surface area (Å²) in [6.07, 6.45) is 5.40. The maximum atomic E-state index is 13.5. The number of hydrogen-bond donors (Lipinski definition) is 3. The summed E-state index contributed by atoms with van der Waals surface area (Å²) < 4.78 is 10.7. The van der Waals surface area contributed by atoms with E-state index in [4.69, 9.17) is 9.47 Å². The molecule has 4 rings (SSSR count). The van der Waals surface area contributed by atoms with Crippen LogP contribution in [0.5, 0.6) is 11.5 Å². The molecule has 43 heavy (non-hydrogen) atoms. The van der Waals surface area contributed by atoms with E-state index in [1.165, 1.54) is 26.0 Å². The normalized spacial score (nSPS) is 11.7. The summed E-state index contributed by atoms with van der Waals surface area (Å²) in [5, 5.41) is 8.16. The lowest BCUT2D eigenvalue weighted by atomic mass is 10.1. The van der Waals surface area contributed by atoms with Gasteiger partial charge >= 0.3 is 0 Å². The fraction of sp³-hybridized carbons (Fsp3) is 0.152. The first-order valence-corrected chi connectivity index (χ1v) is 14.4. The number of nitrogens with one attached hydrogen (secondary N) is 3. The average molecular weight is 597 g/mol. The first kappa shape index (κ1) is 30.9. The first-order valence-electron chi connectivity index (χ1n) is 13.5. The molecule has 0 saturated heterocycles. The second-order valence-corrected chi connectivity index (χ2v) is 10.5. The Kier molecular flexibility index (Phi) is 10.9. The van der Waals surface area contributed by atoms with Gasteiger partial charge in [0.2, 0.25) is 5.91 Å². The summed E-state index contributed by atoms with van der Waals surface area (Å²) in [4.78, 5) is 44.2. The Morgan fingerprint density at radius 2 is 1.58 bits per heavy atom. The number of carbonyl (C=O) groups is 3. The van der Waals surface area contributed by atoms with Crippen LogP contribution in [0, 0.1) is 0 Å². The third kappa shape index (κ3) is 8.70. The molecule has 1 unspecified atom stereocenters. The van der Waals surface area contributed by atoms with Gasteiger partial charge in [-0.2, -0.15) is 0 Å². The van der Waals surface area contributed by atoms with Crippen LogP contribution in [0.1, 0.15) is 29.3 Å². The Balaban J connectivity index is 1.54. The molecule has 0 radical (unpaired) electrons. The monoisotopic (exact) mass is 596 g/mol. The van der Waals surface area contributed by atoms with Crippen LogP contribution in [0.3, 0.4) is 0 Å². The number of aromatic nitrogens is 1. The Morgan fingerprint density at radius 1 is 0.837 bits per heavy atom. The van der Waals surface area contributed by atoms with Gasteiger partial charge in [0.05, 0.1) is 19.5 Å². The molecule has 3 N–H and O–H groups in total. The minimum absolute atomic E-state index is 0.0299. The topological polar surface area (TPSA) is 119 Å². The number of rotatable bonds is 12. The molecule has 1 heterocycles. The largest absolute Gasteiger partial charge is 0.493 e. The van der Waals surface area contributed by atoms with Crippen LogP contribution >= 0.6 is 11.8 Å². The molecule has 0 aliphatic carbocycles. The molecule has 0 spiro atoms. The predicted octanol–water partition coefficient (Wildman–Crippen LogP) is 6.02. The van der Waals surface area contributed by atoms with E-state index in [1.54, 1.807) is 97.3 Å². The minimum Gasteiger partial charge on any atom is -0.493 e. The zero-order valence-corrected chi connectivity index (χ0v) is 24.8. The number of benzene rings is 3. The average Bonchev–Trinajstić information content (AvgIpc) is 3.04. The van der Waals surface area contributed by atoms with Gasteiger partial charge in [-0.05, 0) is 72.7 Å². The predicted molar refractivity (Wildman–Crippen MR) is 169 cm³/mol. The number of pyridine rings is 1. The van der Waals surface area contributed by atoms with Gasteiger partial charge < -0.3 is 25.4 Å². The molecule has 1 aromatic heterocycles. The smallest absolute Gasteiger partial charge is 0.272 e. The lowest BCUT2D eigenvalue weighted by Gasteiger charge is -2.16. The van der Waals surface area contributed by atoms with Crippen LogP contribution in [0.15, 0.2) is 108 Å². The lowest BCUT2D eigenvalue weighted by molar-refractivity contribution is -0.116. The fourth-order valence-electron chi connectivity index (χ4n) is 4.04. The lowest BCUT2D eigenvalue weighted by Crippen LogP contribution is -2.30. The molecular weight excluding hydrogens is 564 g/mol. The highest BCUT2D eigenvalue weighted by Gasteiger charge is 2.19. The van der Waals surface area contributed by atoms with E-state index in [0.717, 1.165) is 4.90 Å². The summed E-state index contributed by atoms with van der Waals surface area (Å²) >= 11 is 1.39. The van der Waals surface area contributed by atoms with Crippen molar-refractivity contribution in [2.45, 2.75) is 23.5 Å². The number of hydrogen-bond acceptors (Lipinski definition) is 7. The maximum absolute atomic E-state index is 13.5. The molecule has 9 nitrogen and oxygen atoms in total. The number of anilines is 2. The number of amides is 3. The number of thioether (sulfide) groups is 1. The van der Waals surface area contributed by atoms with Gasteiger partial charge in [0, 0.05) is 34.2 Å². The van der Waals surface area contributed by atoms with Gasteiger partial charge in [0.15, 0.2) is 11.5 Å². The first-order chi connectivity index (χ1) is 20.9. The molecule has 4 aromatic rings.